The normalized spacial score (nSPS) is 15.8. The predicted octanol–water partition coefficient (Wildman–Crippen LogP) is 3.30. The third-order valence-electron chi connectivity index (χ3n) is 3.38. The first-order valence-corrected chi connectivity index (χ1v) is 6.19. The maximum Gasteiger partial charge on any atom is 0.00454 e. The average molecular weight is 211 g/mol. The molecule has 1 atom stereocenters. The van der Waals surface area contributed by atoms with E-state index in [0.717, 1.165) is 6.54 Å². The quantitative estimate of drug-likeness (QED) is 0.794. The first kappa shape index (κ1) is 11.7. The van der Waals surface area contributed by atoms with E-state index in [-0.39, 0.29) is 0 Å². The van der Waals surface area contributed by atoms with Crippen molar-refractivity contribution in [1.29, 1.82) is 0 Å². The highest BCUT2D eigenvalue weighted by Crippen LogP contribution is 2.31. The van der Waals surface area contributed by atoms with Crippen molar-refractivity contribution < 1.29 is 0 Å². The summed E-state index contributed by atoms with van der Waals surface area (Å²) in [6.45, 7) is 7.61. The highest BCUT2D eigenvalue weighted by molar-refractivity contribution is 7.09. The van der Waals surface area contributed by atoms with Gasteiger partial charge >= 0.3 is 0 Å². The zero-order valence-electron chi connectivity index (χ0n) is 9.42. The topological polar surface area (TPSA) is 26.0 Å². The van der Waals surface area contributed by atoms with Gasteiger partial charge in [0, 0.05) is 4.88 Å². The Morgan fingerprint density at radius 3 is 2.64 bits per heavy atom. The minimum atomic E-state index is 0.296. The van der Waals surface area contributed by atoms with E-state index in [2.05, 4.69) is 38.3 Å². The van der Waals surface area contributed by atoms with Gasteiger partial charge in [0.25, 0.3) is 0 Å². The van der Waals surface area contributed by atoms with E-state index in [1.165, 1.54) is 17.7 Å². The Morgan fingerprint density at radius 1 is 1.50 bits per heavy atom. The molecule has 0 saturated carbocycles. The maximum atomic E-state index is 5.85. The first-order chi connectivity index (χ1) is 6.58. The van der Waals surface area contributed by atoms with Crippen molar-refractivity contribution in [3.05, 3.63) is 22.4 Å². The number of aryl methyl sites for hydroxylation is 1. The van der Waals surface area contributed by atoms with Crippen LogP contribution >= 0.6 is 11.3 Å². The van der Waals surface area contributed by atoms with Crippen molar-refractivity contribution in [2.75, 3.05) is 6.54 Å². The van der Waals surface area contributed by atoms with Crippen LogP contribution in [-0.2, 0) is 6.42 Å². The largest absolute Gasteiger partial charge is 0.330 e. The van der Waals surface area contributed by atoms with Crippen LogP contribution in [0, 0.1) is 11.3 Å². The fourth-order valence-corrected chi connectivity index (χ4v) is 2.20. The maximum absolute atomic E-state index is 5.85. The molecule has 14 heavy (non-hydrogen) atoms. The molecule has 0 aliphatic rings. The molecule has 2 N–H and O–H groups in total. The molecule has 0 aliphatic heterocycles. The van der Waals surface area contributed by atoms with Crippen molar-refractivity contribution in [3.8, 4) is 0 Å². The molecule has 0 fully saturated rings. The van der Waals surface area contributed by atoms with Crippen LogP contribution in [0.3, 0.4) is 0 Å². The van der Waals surface area contributed by atoms with Crippen LogP contribution < -0.4 is 5.73 Å². The van der Waals surface area contributed by atoms with Gasteiger partial charge < -0.3 is 5.73 Å². The van der Waals surface area contributed by atoms with Crippen LogP contribution in [0.2, 0.25) is 0 Å². The molecule has 1 unspecified atom stereocenters. The molecule has 1 aromatic rings. The van der Waals surface area contributed by atoms with Crippen LogP contribution in [0.5, 0.6) is 0 Å². The van der Waals surface area contributed by atoms with Gasteiger partial charge in [0.05, 0.1) is 0 Å². The number of hydrogen-bond acceptors (Lipinski definition) is 2. The zero-order chi connectivity index (χ0) is 10.6. The lowest BCUT2D eigenvalue weighted by molar-refractivity contribution is 0.210. The van der Waals surface area contributed by atoms with Gasteiger partial charge in [0.1, 0.15) is 0 Å². The summed E-state index contributed by atoms with van der Waals surface area (Å²) in [6, 6.07) is 4.33. The lowest BCUT2D eigenvalue weighted by Gasteiger charge is -2.32. The molecule has 1 rings (SSSR count). The van der Waals surface area contributed by atoms with Crippen LogP contribution in [0.25, 0.3) is 0 Å². The zero-order valence-corrected chi connectivity index (χ0v) is 10.2. The van der Waals surface area contributed by atoms with Crippen LogP contribution in [0.1, 0.15) is 32.1 Å². The Hall–Kier alpha value is -0.340. The summed E-state index contributed by atoms with van der Waals surface area (Å²) in [7, 11) is 0. The second-order valence-corrected chi connectivity index (χ2v) is 5.62. The van der Waals surface area contributed by atoms with Crippen LogP contribution in [0.15, 0.2) is 17.5 Å². The third kappa shape index (κ3) is 2.82. The van der Waals surface area contributed by atoms with E-state index in [4.69, 9.17) is 5.73 Å². The molecular formula is C12H21NS. The highest BCUT2D eigenvalue weighted by atomic mass is 32.1. The average Bonchev–Trinajstić information content (AvgIpc) is 2.66. The lowest BCUT2D eigenvalue weighted by atomic mass is 9.75. The van der Waals surface area contributed by atoms with Crippen LogP contribution in [0.4, 0.5) is 0 Å². The molecule has 0 aromatic carbocycles. The molecule has 1 nitrogen and oxygen atoms in total. The van der Waals surface area contributed by atoms with Gasteiger partial charge in [0.2, 0.25) is 0 Å². The van der Waals surface area contributed by atoms with Gasteiger partial charge in [0.15, 0.2) is 0 Å². The minimum absolute atomic E-state index is 0.296. The van der Waals surface area contributed by atoms with E-state index < -0.39 is 0 Å². The summed E-state index contributed by atoms with van der Waals surface area (Å²) < 4.78 is 0. The molecule has 0 radical (unpaired) electrons. The van der Waals surface area contributed by atoms with E-state index in [1.807, 2.05) is 11.3 Å². The van der Waals surface area contributed by atoms with Crippen molar-refractivity contribution in [2.24, 2.45) is 17.1 Å². The molecule has 0 bridgehead atoms. The number of hydrogen-bond donors (Lipinski definition) is 1. The molecule has 80 valence electrons. The Kier molecular flexibility index (Phi) is 4.14. The highest BCUT2D eigenvalue weighted by Gasteiger charge is 2.26. The summed E-state index contributed by atoms with van der Waals surface area (Å²) in [5, 5.41) is 2.14. The van der Waals surface area contributed by atoms with Gasteiger partial charge in [-0.25, -0.2) is 0 Å². The molecule has 0 aliphatic carbocycles. The van der Waals surface area contributed by atoms with Gasteiger partial charge in [-0.15, -0.1) is 11.3 Å². The number of thiophene rings is 1. The summed E-state index contributed by atoms with van der Waals surface area (Å²) in [6.07, 6.45) is 2.37. The third-order valence-corrected chi connectivity index (χ3v) is 4.32. The van der Waals surface area contributed by atoms with Crippen molar-refractivity contribution in [3.63, 3.8) is 0 Å². The van der Waals surface area contributed by atoms with E-state index in [9.17, 15) is 0 Å². The van der Waals surface area contributed by atoms with E-state index in [1.54, 1.807) is 0 Å². The fraction of sp³-hybridized carbons (Fsp3) is 0.667. The molecular weight excluding hydrogens is 190 g/mol. The summed E-state index contributed by atoms with van der Waals surface area (Å²) in [5.41, 5.74) is 6.15. The van der Waals surface area contributed by atoms with Gasteiger partial charge in [-0.3, -0.25) is 0 Å². The second-order valence-electron chi connectivity index (χ2n) is 4.59. The Labute approximate surface area is 91.3 Å². The molecule has 1 heterocycles. The number of rotatable bonds is 5. The van der Waals surface area contributed by atoms with Gasteiger partial charge in [-0.1, -0.05) is 26.8 Å². The molecule has 0 amide bonds. The Balaban J connectivity index is 2.50. The smallest absolute Gasteiger partial charge is 0.00454 e. The van der Waals surface area contributed by atoms with Gasteiger partial charge in [-0.05, 0) is 42.2 Å². The fourth-order valence-electron chi connectivity index (χ4n) is 1.49. The van der Waals surface area contributed by atoms with Crippen molar-refractivity contribution >= 4 is 11.3 Å². The minimum Gasteiger partial charge on any atom is -0.330 e. The first-order valence-electron chi connectivity index (χ1n) is 5.31. The molecule has 0 spiro atoms. The van der Waals surface area contributed by atoms with Crippen LogP contribution in [-0.4, -0.2) is 6.54 Å². The second kappa shape index (κ2) is 4.94. The molecule has 1 aromatic heterocycles. The predicted molar refractivity (Wildman–Crippen MR) is 64.6 cm³/mol. The summed E-state index contributed by atoms with van der Waals surface area (Å²) in [4.78, 5) is 1.48. The van der Waals surface area contributed by atoms with E-state index in [0.29, 0.717) is 11.3 Å². The Morgan fingerprint density at radius 2 is 2.21 bits per heavy atom. The van der Waals surface area contributed by atoms with Crippen molar-refractivity contribution in [2.45, 2.75) is 33.6 Å². The van der Waals surface area contributed by atoms with Gasteiger partial charge in [-0.2, -0.15) is 0 Å². The standard InChI is InChI=1S/C12H21NS/c1-10(2)12(3,9-13)7-6-11-5-4-8-14-11/h4-5,8,10H,6-7,9,13H2,1-3H3. The van der Waals surface area contributed by atoms with Crippen molar-refractivity contribution in [1.82, 2.24) is 0 Å². The van der Waals surface area contributed by atoms with E-state index >= 15 is 0 Å². The monoisotopic (exact) mass is 211 g/mol. The summed E-state index contributed by atoms with van der Waals surface area (Å²) in [5.74, 6) is 0.660. The summed E-state index contributed by atoms with van der Waals surface area (Å²) >= 11 is 1.84. The Bertz CT molecular complexity index is 253. The molecule has 2 heteroatoms. The number of nitrogens with two attached hydrogens (primary N) is 1. The lowest BCUT2D eigenvalue weighted by Crippen LogP contribution is -2.33. The SMILES string of the molecule is CC(C)C(C)(CN)CCc1cccs1. The molecule has 0 saturated heterocycles.